The summed E-state index contributed by atoms with van der Waals surface area (Å²) in [4.78, 5) is 10.8. The van der Waals surface area contributed by atoms with Gasteiger partial charge in [-0.05, 0) is 19.1 Å². The minimum absolute atomic E-state index is 0.0305. The molecule has 6 nitrogen and oxygen atoms in total. The monoisotopic (exact) mass is 288 g/mol. The number of anilines is 1. The van der Waals surface area contributed by atoms with E-state index >= 15 is 0 Å². The lowest BCUT2D eigenvalue weighted by atomic mass is 10.2. The summed E-state index contributed by atoms with van der Waals surface area (Å²) in [5, 5.41) is 0.899. The molecule has 0 radical (unpaired) electrons. The zero-order chi connectivity index (χ0) is 14.2. The summed E-state index contributed by atoms with van der Waals surface area (Å²) in [6.45, 7) is 1.69. The Morgan fingerprint density at radius 3 is 2.70 bits per heavy atom. The van der Waals surface area contributed by atoms with Crippen LogP contribution in [-0.4, -0.2) is 23.4 Å². The normalized spacial score (nSPS) is 11.7. The van der Waals surface area contributed by atoms with E-state index in [1.807, 2.05) is 12.1 Å². The predicted octanol–water partition coefficient (Wildman–Crippen LogP) is 2.07. The molecule has 0 spiro atoms. The van der Waals surface area contributed by atoms with Crippen LogP contribution in [0.2, 0.25) is 0 Å². The van der Waals surface area contributed by atoms with Crippen LogP contribution in [0.15, 0.2) is 47.8 Å². The van der Waals surface area contributed by atoms with Gasteiger partial charge < -0.3 is 4.98 Å². The van der Waals surface area contributed by atoms with Crippen molar-refractivity contribution in [2.75, 3.05) is 4.72 Å². The molecule has 2 N–H and O–H groups in total. The van der Waals surface area contributed by atoms with Crippen molar-refractivity contribution in [3.8, 4) is 0 Å². The number of rotatable bonds is 3. The average molecular weight is 288 g/mol. The summed E-state index contributed by atoms with van der Waals surface area (Å²) in [5.41, 5.74) is 1.05. The maximum atomic E-state index is 12.2. The lowest BCUT2D eigenvalue weighted by molar-refractivity contribution is 0.598. The van der Waals surface area contributed by atoms with Crippen LogP contribution < -0.4 is 4.72 Å². The molecule has 0 unspecified atom stereocenters. The van der Waals surface area contributed by atoms with E-state index in [0.717, 1.165) is 5.39 Å². The van der Waals surface area contributed by atoms with Crippen LogP contribution in [0, 0.1) is 6.92 Å². The van der Waals surface area contributed by atoms with Crippen LogP contribution in [0.1, 0.15) is 5.82 Å². The number of benzene rings is 1. The molecular weight excluding hydrogens is 276 g/mol. The van der Waals surface area contributed by atoms with Gasteiger partial charge in [0.25, 0.3) is 10.0 Å². The van der Waals surface area contributed by atoms with Crippen molar-refractivity contribution < 1.29 is 8.42 Å². The topological polar surface area (TPSA) is 87.7 Å². The summed E-state index contributed by atoms with van der Waals surface area (Å²) in [6, 6.07) is 9.01. The Morgan fingerprint density at radius 2 is 1.95 bits per heavy atom. The molecule has 0 aliphatic heterocycles. The Bertz CT molecular complexity index is 865. The molecule has 0 aliphatic carbocycles. The molecule has 0 saturated heterocycles. The van der Waals surface area contributed by atoms with Gasteiger partial charge in [-0.3, -0.25) is 9.71 Å². The van der Waals surface area contributed by atoms with Gasteiger partial charge in [0, 0.05) is 11.6 Å². The van der Waals surface area contributed by atoms with Gasteiger partial charge >= 0.3 is 0 Å². The zero-order valence-corrected chi connectivity index (χ0v) is 11.5. The highest BCUT2D eigenvalue weighted by atomic mass is 32.2. The molecule has 0 amide bonds. The highest BCUT2D eigenvalue weighted by molar-refractivity contribution is 7.92. The SMILES string of the molecule is Cc1ncc(S(=O)(=O)Nc2cccc3cccnc23)[nH]1. The van der Waals surface area contributed by atoms with Crippen molar-refractivity contribution in [2.45, 2.75) is 11.9 Å². The molecule has 7 heteroatoms. The van der Waals surface area contributed by atoms with Gasteiger partial charge in [-0.25, -0.2) is 4.98 Å². The number of aryl methyl sites for hydroxylation is 1. The third kappa shape index (κ3) is 2.23. The van der Waals surface area contributed by atoms with Gasteiger partial charge in [0.05, 0.1) is 17.4 Å². The number of H-pyrrole nitrogens is 1. The summed E-state index contributed by atoms with van der Waals surface area (Å²) in [7, 11) is -3.69. The highest BCUT2D eigenvalue weighted by Crippen LogP contribution is 2.23. The van der Waals surface area contributed by atoms with E-state index in [1.165, 1.54) is 6.20 Å². The minimum atomic E-state index is -3.69. The maximum Gasteiger partial charge on any atom is 0.279 e. The maximum absolute atomic E-state index is 12.2. The molecule has 102 valence electrons. The first-order chi connectivity index (χ1) is 9.56. The van der Waals surface area contributed by atoms with Crippen molar-refractivity contribution in [3.05, 3.63) is 48.5 Å². The molecule has 20 heavy (non-hydrogen) atoms. The van der Waals surface area contributed by atoms with Gasteiger partial charge in [0.1, 0.15) is 5.82 Å². The number of imidazole rings is 1. The van der Waals surface area contributed by atoms with E-state index in [2.05, 4.69) is 19.7 Å². The van der Waals surface area contributed by atoms with E-state index in [9.17, 15) is 8.42 Å². The van der Waals surface area contributed by atoms with E-state index in [1.54, 1.807) is 31.3 Å². The molecule has 2 heterocycles. The number of para-hydroxylation sites is 1. The minimum Gasteiger partial charge on any atom is -0.332 e. The first-order valence-corrected chi connectivity index (χ1v) is 7.43. The van der Waals surface area contributed by atoms with Gasteiger partial charge in [0.2, 0.25) is 0 Å². The molecule has 0 aliphatic rings. The third-order valence-electron chi connectivity index (χ3n) is 2.85. The fourth-order valence-electron chi connectivity index (χ4n) is 1.92. The Hall–Kier alpha value is -2.41. The fourth-order valence-corrected chi connectivity index (χ4v) is 2.96. The number of aromatic nitrogens is 3. The van der Waals surface area contributed by atoms with E-state index in [4.69, 9.17) is 0 Å². The number of hydrogen-bond donors (Lipinski definition) is 2. The van der Waals surface area contributed by atoms with E-state index in [0.29, 0.717) is 17.0 Å². The predicted molar refractivity (Wildman–Crippen MR) is 75.9 cm³/mol. The van der Waals surface area contributed by atoms with Crippen molar-refractivity contribution in [2.24, 2.45) is 0 Å². The second kappa shape index (κ2) is 4.61. The molecule has 2 aromatic heterocycles. The molecule has 0 fully saturated rings. The van der Waals surface area contributed by atoms with Crippen molar-refractivity contribution >= 4 is 26.6 Å². The lowest BCUT2D eigenvalue weighted by Crippen LogP contribution is -2.13. The van der Waals surface area contributed by atoms with Crippen LogP contribution in [0.3, 0.4) is 0 Å². The molecule has 1 aromatic carbocycles. The molecule has 0 atom stereocenters. The molecule has 0 saturated carbocycles. The Balaban J connectivity index is 2.05. The van der Waals surface area contributed by atoms with Crippen LogP contribution in [-0.2, 0) is 10.0 Å². The van der Waals surface area contributed by atoms with Crippen LogP contribution in [0.4, 0.5) is 5.69 Å². The second-order valence-corrected chi connectivity index (χ2v) is 5.97. The quantitative estimate of drug-likeness (QED) is 0.772. The molecule has 3 rings (SSSR count). The first kappa shape index (κ1) is 12.6. The summed E-state index contributed by atoms with van der Waals surface area (Å²) >= 11 is 0. The number of pyridine rings is 1. The number of hydrogen-bond acceptors (Lipinski definition) is 4. The Morgan fingerprint density at radius 1 is 1.15 bits per heavy atom. The van der Waals surface area contributed by atoms with Crippen LogP contribution in [0.25, 0.3) is 10.9 Å². The lowest BCUT2D eigenvalue weighted by Gasteiger charge is -2.08. The van der Waals surface area contributed by atoms with Gasteiger partial charge in [-0.1, -0.05) is 18.2 Å². The van der Waals surface area contributed by atoms with Gasteiger partial charge in [-0.2, -0.15) is 8.42 Å². The number of aromatic amines is 1. The van der Waals surface area contributed by atoms with Crippen LogP contribution >= 0.6 is 0 Å². The average Bonchev–Trinajstić information content (AvgIpc) is 2.86. The second-order valence-electron chi connectivity index (χ2n) is 4.32. The molecule has 0 bridgehead atoms. The third-order valence-corrected chi connectivity index (χ3v) is 4.12. The smallest absolute Gasteiger partial charge is 0.279 e. The van der Waals surface area contributed by atoms with Crippen molar-refractivity contribution in [1.82, 2.24) is 15.0 Å². The molecule has 3 aromatic rings. The highest BCUT2D eigenvalue weighted by Gasteiger charge is 2.17. The summed E-state index contributed by atoms with van der Waals surface area (Å²) < 4.78 is 27.0. The largest absolute Gasteiger partial charge is 0.332 e. The Kier molecular flexibility index (Phi) is 2.90. The zero-order valence-electron chi connectivity index (χ0n) is 10.7. The number of sulfonamides is 1. The van der Waals surface area contributed by atoms with Crippen molar-refractivity contribution in [3.63, 3.8) is 0 Å². The number of nitrogens with one attached hydrogen (secondary N) is 2. The van der Waals surface area contributed by atoms with E-state index in [-0.39, 0.29) is 5.03 Å². The van der Waals surface area contributed by atoms with Gasteiger partial charge in [-0.15, -0.1) is 0 Å². The fraction of sp³-hybridized carbons (Fsp3) is 0.0769. The van der Waals surface area contributed by atoms with Crippen LogP contribution in [0.5, 0.6) is 0 Å². The van der Waals surface area contributed by atoms with Crippen molar-refractivity contribution in [1.29, 1.82) is 0 Å². The Labute approximate surface area is 115 Å². The molecular formula is C13H12N4O2S. The number of nitrogens with zero attached hydrogens (tertiary/aromatic N) is 2. The standard InChI is InChI=1S/C13H12N4O2S/c1-9-15-8-12(16-9)20(18,19)17-11-6-2-4-10-5-3-7-14-13(10)11/h2-8,17H,1H3,(H,15,16). The summed E-state index contributed by atoms with van der Waals surface area (Å²) in [5.74, 6) is 0.543. The first-order valence-electron chi connectivity index (χ1n) is 5.94. The number of fused-ring (bicyclic) bond motifs is 1. The summed E-state index contributed by atoms with van der Waals surface area (Å²) in [6.07, 6.45) is 2.91. The van der Waals surface area contributed by atoms with Gasteiger partial charge in [0.15, 0.2) is 5.03 Å². The van der Waals surface area contributed by atoms with E-state index < -0.39 is 10.0 Å².